The number of nitrogens with one attached hydrogen (secondary N) is 1. The zero-order valence-electron chi connectivity index (χ0n) is 9.64. The number of hydrogen-bond donors (Lipinski definition) is 2. The van der Waals surface area contributed by atoms with Crippen LogP contribution in [0.4, 0.5) is 5.69 Å². The van der Waals surface area contributed by atoms with E-state index in [1.54, 1.807) is 13.0 Å². The van der Waals surface area contributed by atoms with Gasteiger partial charge >= 0.3 is 5.97 Å². The van der Waals surface area contributed by atoms with Gasteiger partial charge in [-0.3, -0.25) is 4.79 Å². The van der Waals surface area contributed by atoms with Crippen molar-refractivity contribution < 1.29 is 19.1 Å². The Kier molecular flexibility index (Phi) is 3.14. The monoisotopic (exact) mass is 245 g/mol. The average Bonchev–Trinajstić information content (AvgIpc) is 2.76. The first kappa shape index (κ1) is 11.9. The lowest BCUT2D eigenvalue weighted by Crippen LogP contribution is -2.12. The van der Waals surface area contributed by atoms with Gasteiger partial charge in [-0.15, -0.1) is 0 Å². The molecular weight excluding hydrogens is 234 g/mol. The van der Waals surface area contributed by atoms with Gasteiger partial charge in [0, 0.05) is 11.3 Å². The van der Waals surface area contributed by atoms with E-state index in [1.807, 2.05) is 0 Å². The number of furan rings is 1. The molecule has 0 unspecified atom stereocenters. The molecule has 0 spiro atoms. The second-order valence-electron chi connectivity index (χ2n) is 3.77. The zero-order chi connectivity index (χ0) is 13.1. The zero-order valence-corrected chi connectivity index (χ0v) is 9.64. The Morgan fingerprint density at radius 3 is 2.33 bits per heavy atom. The third kappa shape index (κ3) is 2.40. The topological polar surface area (TPSA) is 79.5 Å². The number of carbonyl (C=O) groups excluding carboxylic acids is 1. The highest BCUT2D eigenvalue weighted by Gasteiger charge is 2.12. The van der Waals surface area contributed by atoms with Gasteiger partial charge < -0.3 is 14.8 Å². The Morgan fingerprint density at radius 2 is 1.83 bits per heavy atom. The van der Waals surface area contributed by atoms with Crippen LogP contribution in [0.3, 0.4) is 0 Å². The van der Waals surface area contributed by atoms with Gasteiger partial charge in [0.25, 0.3) is 5.91 Å². The molecule has 5 nitrogen and oxygen atoms in total. The van der Waals surface area contributed by atoms with Crippen LogP contribution in [0.5, 0.6) is 0 Å². The van der Waals surface area contributed by atoms with Gasteiger partial charge in [0.15, 0.2) is 5.76 Å². The number of carbonyl (C=O) groups is 2. The first-order chi connectivity index (χ1) is 8.58. The molecule has 0 atom stereocenters. The van der Waals surface area contributed by atoms with Gasteiger partial charge in [0.2, 0.25) is 0 Å². The number of aryl methyl sites for hydroxylation is 1. The first-order valence-electron chi connectivity index (χ1n) is 5.27. The van der Waals surface area contributed by atoms with E-state index in [9.17, 15) is 9.59 Å². The molecule has 0 saturated heterocycles. The lowest BCUT2D eigenvalue weighted by molar-refractivity contribution is 0.0696. The Morgan fingerprint density at radius 1 is 1.17 bits per heavy atom. The van der Waals surface area contributed by atoms with Crippen LogP contribution in [0.2, 0.25) is 0 Å². The Labute approximate surface area is 103 Å². The number of aromatic carboxylic acids is 1. The molecule has 0 aliphatic heterocycles. The molecular formula is C13H11NO4. The fraction of sp³-hybridized carbons (Fsp3) is 0.0769. The molecule has 0 aliphatic carbocycles. The summed E-state index contributed by atoms with van der Waals surface area (Å²) in [4.78, 5) is 22.5. The Balaban J connectivity index is 2.13. The number of carboxylic acid groups (broad SMARTS) is 1. The van der Waals surface area contributed by atoms with Gasteiger partial charge in [-0.05, 0) is 37.3 Å². The van der Waals surface area contributed by atoms with Crippen molar-refractivity contribution in [3.63, 3.8) is 0 Å². The minimum Gasteiger partial charge on any atom is -0.478 e. The summed E-state index contributed by atoms with van der Waals surface area (Å²) in [6.45, 7) is 1.77. The lowest BCUT2D eigenvalue weighted by atomic mass is 10.2. The van der Waals surface area contributed by atoms with E-state index >= 15 is 0 Å². The number of hydrogen-bond acceptors (Lipinski definition) is 3. The molecule has 18 heavy (non-hydrogen) atoms. The van der Waals surface area contributed by atoms with Crippen LogP contribution >= 0.6 is 0 Å². The Bertz CT molecular complexity index is 583. The van der Waals surface area contributed by atoms with Crippen molar-refractivity contribution >= 4 is 17.6 Å². The van der Waals surface area contributed by atoms with Crippen molar-refractivity contribution in [3.05, 3.63) is 53.5 Å². The van der Waals surface area contributed by atoms with Crippen LogP contribution in [-0.4, -0.2) is 17.0 Å². The summed E-state index contributed by atoms with van der Waals surface area (Å²) >= 11 is 0. The number of carboxylic acids is 1. The molecule has 1 aromatic heterocycles. The summed E-state index contributed by atoms with van der Waals surface area (Å²) in [5.41, 5.74) is 1.43. The quantitative estimate of drug-likeness (QED) is 0.870. The van der Waals surface area contributed by atoms with Gasteiger partial charge in [-0.25, -0.2) is 4.79 Å². The molecule has 0 bridgehead atoms. The number of anilines is 1. The lowest BCUT2D eigenvalue weighted by Gasteiger charge is -2.04. The molecule has 0 saturated carbocycles. The molecule has 1 heterocycles. The second kappa shape index (κ2) is 4.75. The highest BCUT2D eigenvalue weighted by Crippen LogP contribution is 2.14. The second-order valence-corrected chi connectivity index (χ2v) is 3.77. The standard InChI is InChI=1S/C13H11NO4/c1-8-6-7-18-11(8)12(15)14-10-4-2-9(3-5-10)13(16)17/h2-7H,1H3,(H,14,15)(H,16,17). The van der Waals surface area contributed by atoms with Crippen molar-refractivity contribution in [2.45, 2.75) is 6.92 Å². The van der Waals surface area contributed by atoms with Crippen LogP contribution in [0.15, 0.2) is 41.0 Å². The average molecular weight is 245 g/mol. The molecule has 0 aliphatic rings. The molecule has 1 aromatic carbocycles. The van der Waals surface area contributed by atoms with Crippen LogP contribution in [0.25, 0.3) is 0 Å². The molecule has 0 radical (unpaired) electrons. The van der Waals surface area contributed by atoms with Crippen molar-refractivity contribution in [1.82, 2.24) is 0 Å². The summed E-state index contributed by atoms with van der Waals surface area (Å²) < 4.78 is 5.05. The summed E-state index contributed by atoms with van der Waals surface area (Å²) in [5.74, 6) is -1.12. The largest absolute Gasteiger partial charge is 0.478 e. The van der Waals surface area contributed by atoms with Crippen molar-refractivity contribution in [3.8, 4) is 0 Å². The van der Waals surface area contributed by atoms with Crippen LogP contribution in [0, 0.1) is 6.92 Å². The maximum atomic E-state index is 11.8. The number of benzene rings is 1. The molecule has 2 N–H and O–H groups in total. The van der Waals surface area contributed by atoms with E-state index in [1.165, 1.54) is 30.5 Å². The summed E-state index contributed by atoms with van der Waals surface area (Å²) in [6, 6.07) is 7.60. The highest BCUT2D eigenvalue weighted by atomic mass is 16.4. The molecule has 1 amide bonds. The highest BCUT2D eigenvalue weighted by molar-refractivity contribution is 6.03. The van der Waals surface area contributed by atoms with E-state index in [0.29, 0.717) is 5.69 Å². The molecule has 92 valence electrons. The SMILES string of the molecule is Cc1ccoc1C(=O)Nc1ccc(C(=O)O)cc1. The molecule has 2 aromatic rings. The summed E-state index contributed by atoms with van der Waals surface area (Å²) in [6.07, 6.45) is 1.44. The van der Waals surface area contributed by atoms with Gasteiger partial charge in [0.05, 0.1) is 11.8 Å². The van der Waals surface area contributed by atoms with Crippen LogP contribution in [-0.2, 0) is 0 Å². The van der Waals surface area contributed by atoms with E-state index in [4.69, 9.17) is 9.52 Å². The molecule has 0 fully saturated rings. The molecule has 5 heteroatoms. The minimum absolute atomic E-state index is 0.169. The molecule has 2 rings (SSSR count). The first-order valence-corrected chi connectivity index (χ1v) is 5.27. The number of amides is 1. The van der Waals surface area contributed by atoms with E-state index in [2.05, 4.69) is 5.32 Å². The van der Waals surface area contributed by atoms with Crippen LogP contribution in [0.1, 0.15) is 26.5 Å². The maximum Gasteiger partial charge on any atom is 0.335 e. The predicted molar refractivity (Wildman–Crippen MR) is 64.8 cm³/mol. The smallest absolute Gasteiger partial charge is 0.335 e. The third-order valence-electron chi connectivity index (χ3n) is 2.46. The fourth-order valence-corrected chi connectivity index (χ4v) is 1.49. The normalized spacial score (nSPS) is 10.1. The van der Waals surface area contributed by atoms with Gasteiger partial charge in [0.1, 0.15) is 0 Å². The minimum atomic E-state index is -1.00. The van der Waals surface area contributed by atoms with Crippen LogP contribution < -0.4 is 5.32 Å². The Hall–Kier alpha value is -2.56. The van der Waals surface area contributed by atoms with Crippen molar-refractivity contribution in [2.75, 3.05) is 5.32 Å². The maximum absolute atomic E-state index is 11.8. The fourth-order valence-electron chi connectivity index (χ4n) is 1.49. The van der Waals surface area contributed by atoms with E-state index < -0.39 is 5.97 Å². The summed E-state index contributed by atoms with van der Waals surface area (Å²) in [5, 5.41) is 11.4. The van der Waals surface area contributed by atoms with Gasteiger partial charge in [-0.2, -0.15) is 0 Å². The van der Waals surface area contributed by atoms with E-state index in [-0.39, 0.29) is 17.2 Å². The number of rotatable bonds is 3. The summed E-state index contributed by atoms with van der Waals surface area (Å²) in [7, 11) is 0. The predicted octanol–water partition coefficient (Wildman–Crippen LogP) is 2.54. The van der Waals surface area contributed by atoms with Gasteiger partial charge in [-0.1, -0.05) is 0 Å². The van der Waals surface area contributed by atoms with Crippen molar-refractivity contribution in [2.24, 2.45) is 0 Å². The third-order valence-corrected chi connectivity index (χ3v) is 2.46. The van der Waals surface area contributed by atoms with Crippen molar-refractivity contribution in [1.29, 1.82) is 0 Å². The van der Waals surface area contributed by atoms with E-state index in [0.717, 1.165) is 5.56 Å².